The van der Waals surface area contributed by atoms with Crippen molar-refractivity contribution in [1.82, 2.24) is 15.6 Å². The standard InChI is InChI=1S/C24H30N4O/c1-2-16-15-28-13-10-17(16)14-22(28)23(27-24(29)21-8-5-11-25-21)19-9-12-26-20-7-4-3-6-18(19)20/h2-4,6-7,9,12,16-17,21-23,25H,1,5,8,10-11,13-15H2,(H,27,29)/p+1/t16?,17?,21-,22?,23-/m0/s1. The molecule has 4 unspecified atom stereocenters. The van der Waals surface area contributed by atoms with E-state index >= 15 is 0 Å². The molecule has 0 aliphatic carbocycles. The van der Waals surface area contributed by atoms with E-state index in [-0.39, 0.29) is 18.0 Å². The quantitative estimate of drug-likeness (QED) is 0.679. The summed E-state index contributed by atoms with van der Waals surface area (Å²) in [5.74, 6) is 1.44. The topological polar surface area (TPSA) is 58.5 Å². The Morgan fingerprint density at radius 3 is 2.97 bits per heavy atom. The first kappa shape index (κ1) is 18.8. The highest BCUT2D eigenvalue weighted by Crippen LogP contribution is 2.34. The van der Waals surface area contributed by atoms with E-state index in [9.17, 15) is 4.79 Å². The van der Waals surface area contributed by atoms with Crippen LogP contribution in [0.15, 0.2) is 49.2 Å². The van der Waals surface area contributed by atoms with Crippen molar-refractivity contribution < 1.29 is 9.69 Å². The van der Waals surface area contributed by atoms with Crippen molar-refractivity contribution in [3.05, 3.63) is 54.7 Å². The number of nitrogens with zero attached hydrogens (tertiary/aromatic N) is 1. The molecule has 4 aliphatic heterocycles. The molecule has 4 saturated heterocycles. The van der Waals surface area contributed by atoms with E-state index in [4.69, 9.17) is 0 Å². The smallest absolute Gasteiger partial charge is 0.237 e. The monoisotopic (exact) mass is 391 g/mol. The zero-order valence-electron chi connectivity index (χ0n) is 16.9. The van der Waals surface area contributed by atoms with Gasteiger partial charge >= 0.3 is 0 Å². The predicted octanol–water partition coefficient (Wildman–Crippen LogP) is 1.62. The van der Waals surface area contributed by atoms with Crippen molar-refractivity contribution in [2.45, 2.75) is 43.8 Å². The van der Waals surface area contributed by atoms with Crippen LogP contribution in [-0.2, 0) is 4.79 Å². The minimum Gasteiger partial charge on any atom is -0.342 e. The summed E-state index contributed by atoms with van der Waals surface area (Å²) >= 11 is 0. The molecule has 0 spiro atoms. The van der Waals surface area contributed by atoms with Crippen LogP contribution in [0, 0.1) is 11.8 Å². The summed E-state index contributed by atoms with van der Waals surface area (Å²) in [6.07, 6.45) is 8.46. The number of rotatable bonds is 5. The highest BCUT2D eigenvalue weighted by Gasteiger charge is 2.47. The number of hydrogen-bond acceptors (Lipinski definition) is 3. The number of nitrogens with one attached hydrogen (secondary N) is 3. The molecule has 5 heteroatoms. The summed E-state index contributed by atoms with van der Waals surface area (Å²) in [5, 5.41) is 7.99. The van der Waals surface area contributed by atoms with Gasteiger partial charge < -0.3 is 15.5 Å². The fourth-order valence-corrected chi connectivity index (χ4v) is 5.87. The molecule has 3 N–H and O–H groups in total. The van der Waals surface area contributed by atoms with Crippen LogP contribution in [0.3, 0.4) is 0 Å². The van der Waals surface area contributed by atoms with Crippen LogP contribution in [0.2, 0.25) is 0 Å². The molecule has 1 aromatic carbocycles. The van der Waals surface area contributed by atoms with Gasteiger partial charge in [0.25, 0.3) is 0 Å². The van der Waals surface area contributed by atoms with E-state index in [1.54, 1.807) is 4.90 Å². The Morgan fingerprint density at radius 1 is 1.31 bits per heavy atom. The van der Waals surface area contributed by atoms with E-state index < -0.39 is 0 Å². The molecule has 1 amide bonds. The van der Waals surface area contributed by atoms with Gasteiger partial charge in [-0.15, -0.1) is 6.58 Å². The fourth-order valence-electron chi connectivity index (χ4n) is 5.87. The number of para-hydroxylation sites is 1. The molecule has 5 nitrogen and oxygen atoms in total. The molecule has 4 aliphatic rings. The SMILES string of the molecule is C=CC1C[NH+]2CCC1CC2[C@@H](NC(=O)[C@@H]1CCCN1)c1ccnc2ccccc12. The number of pyridine rings is 1. The Kier molecular flexibility index (Phi) is 5.10. The zero-order chi connectivity index (χ0) is 19.8. The second kappa shape index (κ2) is 7.88. The molecule has 4 fully saturated rings. The Morgan fingerprint density at radius 2 is 2.21 bits per heavy atom. The van der Waals surface area contributed by atoms with Gasteiger partial charge in [-0.05, 0) is 43.0 Å². The van der Waals surface area contributed by atoms with Gasteiger partial charge in [-0.1, -0.05) is 24.3 Å². The average Bonchev–Trinajstić information content (AvgIpc) is 3.32. The van der Waals surface area contributed by atoms with Gasteiger partial charge in [0.05, 0.1) is 24.6 Å². The summed E-state index contributed by atoms with van der Waals surface area (Å²) in [5.41, 5.74) is 2.21. The third-order valence-electron chi connectivity index (χ3n) is 7.42. The lowest BCUT2D eigenvalue weighted by molar-refractivity contribution is -0.947. The first-order chi connectivity index (χ1) is 14.2. The summed E-state index contributed by atoms with van der Waals surface area (Å²) in [6, 6.07) is 10.8. The Labute approximate surface area is 172 Å². The third-order valence-corrected chi connectivity index (χ3v) is 7.42. The van der Waals surface area contributed by atoms with Crippen molar-refractivity contribution >= 4 is 16.8 Å². The van der Waals surface area contributed by atoms with Crippen LogP contribution < -0.4 is 15.5 Å². The summed E-state index contributed by atoms with van der Waals surface area (Å²) in [7, 11) is 0. The average molecular weight is 392 g/mol. The molecule has 2 bridgehead atoms. The molecular weight excluding hydrogens is 360 g/mol. The molecule has 5 heterocycles. The molecule has 1 aromatic heterocycles. The molecule has 29 heavy (non-hydrogen) atoms. The highest BCUT2D eigenvalue weighted by molar-refractivity contribution is 5.85. The lowest BCUT2D eigenvalue weighted by Gasteiger charge is -2.48. The fraction of sp³-hybridized carbons (Fsp3) is 0.500. The first-order valence-electron chi connectivity index (χ1n) is 11.1. The van der Waals surface area contributed by atoms with Crippen LogP contribution >= 0.6 is 0 Å². The lowest BCUT2D eigenvalue weighted by Crippen LogP contribution is -3.20. The second-order valence-corrected chi connectivity index (χ2v) is 8.96. The Balaban J connectivity index is 1.51. The third kappa shape index (κ3) is 3.47. The van der Waals surface area contributed by atoms with Crippen molar-refractivity contribution in [1.29, 1.82) is 0 Å². The van der Waals surface area contributed by atoms with Crippen molar-refractivity contribution in [2.24, 2.45) is 11.8 Å². The van der Waals surface area contributed by atoms with Crippen molar-refractivity contribution in [3.63, 3.8) is 0 Å². The number of piperidine rings is 3. The van der Waals surface area contributed by atoms with Crippen molar-refractivity contribution in [2.75, 3.05) is 19.6 Å². The van der Waals surface area contributed by atoms with Crippen LogP contribution in [0.25, 0.3) is 10.9 Å². The summed E-state index contributed by atoms with van der Waals surface area (Å²) in [6.45, 7) is 7.33. The maximum absolute atomic E-state index is 13.1. The van der Waals surface area contributed by atoms with Gasteiger partial charge in [-0.25, -0.2) is 0 Å². The number of hydrogen-bond donors (Lipinski definition) is 3. The minimum atomic E-state index is -0.0581. The van der Waals surface area contributed by atoms with Gasteiger partial charge in [0.2, 0.25) is 5.91 Å². The minimum absolute atomic E-state index is 0.0152. The van der Waals surface area contributed by atoms with Gasteiger partial charge in [-0.3, -0.25) is 9.78 Å². The van der Waals surface area contributed by atoms with Crippen LogP contribution in [0.5, 0.6) is 0 Å². The molecule has 0 radical (unpaired) electrons. The number of aromatic nitrogens is 1. The van der Waals surface area contributed by atoms with Gasteiger partial charge in [-0.2, -0.15) is 0 Å². The van der Waals surface area contributed by atoms with Crippen molar-refractivity contribution in [3.8, 4) is 0 Å². The maximum atomic E-state index is 13.1. The number of carbonyl (C=O) groups is 1. The number of amides is 1. The number of quaternary nitrogens is 1. The van der Waals surface area contributed by atoms with E-state index in [2.05, 4.69) is 52.5 Å². The molecular formula is C24H31N4O+. The van der Waals surface area contributed by atoms with Crippen LogP contribution in [0.1, 0.15) is 37.3 Å². The molecule has 152 valence electrons. The van der Waals surface area contributed by atoms with Crippen LogP contribution in [-0.4, -0.2) is 42.6 Å². The normalized spacial score (nSPS) is 32.2. The zero-order valence-corrected chi connectivity index (χ0v) is 16.9. The van der Waals surface area contributed by atoms with Gasteiger partial charge in [0, 0.05) is 30.3 Å². The molecule has 6 atom stereocenters. The lowest BCUT2D eigenvalue weighted by atomic mass is 9.73. The predicted molar refractivity (Wildman–Crippen MR) is 115 cm³/mol. The number of fused-ring (bicyclic) bond motifs is 4. The van der Waals surface area contributed by atoms with Gasteiger partial charge in [0.15, 0.2) is 0 Å². The first-order valence-corrected chi connectivity index (χ1v) is 11.1. The Bertz CT molecular complexity index is 901. The van der Waals surface area contributed by atoms with E-state index in [1.165, 1.54) is 18.5 Å². The number of carbonyl (C=O) groups excluding carboxylic acids is 1. The van der Waals surface area contributed by atoms with E-state index in [0.717, 1.165) is 43.3 Å². The molecule has 0 saturated carbocycles. The van der Waals surface area contributed by atoms with Crippen LogP contribution in [0.4, 0.5) is 0 Å². The molecule has 6 rings (SSSR count). The van der Waals surface area contributed by atoms with E-state index in [1.807, 2.05) is 12.3 Å². The Hall–Kier alpha value is -2.24. The largest absolute Gasteiger partial charge is 0.342 e. The van der Waals surface area contributed by atoms with Gasteiger partial charge in [0.1, 0.15) is 12.1 Å². The summed E-state index contributed by atoms with van der Waals surface area (Å²) in [4.78, 5) is 19.3. The maximum Gasteiger partial charge on any atom is 0.237 e. The second-order valence-electron chi connectivity index (χ2n) is 8.96. The highest BCUT2D eigenvalue weighted by atomic mass is 16.2. The molecule has 2 aromatic rings. The summed E-state index contributed by atoms with van der Waals surface area (Å²) < 4.78 is 0. The number of benzene rings is 1. The van der Waals surface area contributed by atoms with E-state index in [0.29, 0.717) is 17.9 Å².